The Hall–Kier alpha value is -1.84. The van der Waals surface area contributed by atoms with Gasteiger partial charge in [0, 0.05) is 18.5 Å². The van der Waals surface area contributed by atoms with Gasteiger partial charge in [0.1, 0.15) is 5.75 Å². The van der Waals surface area contributed by atoms with Crippen LogP contribution >= 0.6 is 0 Å². The van der Waals surface area contributed by atoms with Crippen LogP contribution in [0.2, 0.25) is 0 Å². The van der Waals surface area contributed by atoms with Crippen molar-refractivity contribution in [3.63, 3.8) is 0 Å². The first-order valence-electron chi connectivity index (χ1n) is 6.92. The minimum absolute atomic E-state index is 0.501. The third-order valence-electron chi connectivity index (χ3n) is 2.99. The third-order valence-corrected chi connectivity index (χ3v) is 2.99. The van der Waals surface area contributed by atoms with Crippen LogP contribution in [0.25, 0.3) is 0 Å². The van der Waals surface area contributed by atoms with Crippen LogP contribution < -0.4 is 10.5 Å². The zero-order chi connectivity index (χ0) is 14.0. The van der Waals surface area contributed by atoms with Crippen LogP contribution in [0.3, 0.4) is 0 Å². The summed E-state index contributed by atoms with van der Waals surface area (Å²) in [4.78, 5) is 0. The first kappa shape index (κ1) is 14.6. The van der Waals surface area contributed by atoms with Gasteiger partial charge in [-0.3, -0.25) is 0 Å². The van der Waals surface area contributed by atoms with Gasteiger partial charge < -0.3 is 15.2 Å². The Morgan fingerprint density at radius 1 is 0.850 bits per heavy atom. The van der Waals surface area contributed by atoms with E-state index in [1.165, 1.54) is 5.56 Å². The Morgan fingerprint density at radius 3 is 2.40 bits per heavy atom. The van der Waals surface area contributed by atoms with Crippen molar-refractivity contribution in [1.29, 1.82) is 0 Å². The van der Waals surface area contributed by atoms with E-state index in [9.17, 15) is 0 Å². The summed E-state index contributed by atoms with van der Waals surface area (Å²) in [6.07, 6.45) is 0.867. The van der Waals surface area contributed by atoms with Crippen molar-refractivity contribution in [3.05, 3.63) is 65.7 Å². The summed E-state index contributed by atoms with van der Waals surface area (Å²) in [5.41, 5.74) is 7.90. The zero-order valence-electron chi connectivity index (χ0n) is 11.6. The molecular formula is C17H21NO2. The Morgan fingerprint density at radius 2 is 1.60 bits per heavy atom. The molecule has 2 aromatic rings. The molecule has 0 atom stereocenters. The Bertz CT molecular complexity index is 499. The van der Waals surface area contributed by atoms with Crippen molar-refractivity contribution >= 4 is 0 Å². The first-order valence-corrected chi connectivity index (χ1v) is 6.92. The lowest BCUT2D eigenvalue weighted by atomic mass is 10.2. The van der Waals surface area contributed by atoms with Gasteiger partial charge in [-0.15, -0.1) is 0 Å². The fourth-order valence-corrected chi connectivity index (χ4v) is 1.92. The van der Waals surface area contributed by atoms with Gasteiger partial charge in [0.2, 0.25) is 0 Å². The number of benzene rings is 2. The first-order chi connectivity index (χ1) is 9.90. The van der Waals surface area contributed by atoms with E-state index in [0.717, 1.165) is 17.7 Å². The standard InChI is InChI=1S/C17H21NO2/c18-13-16-9-4-5-10-17(16)20-12-6-11-19-14-15-7-2-1-3-8-15/h1-5,7-10H,6,11-14,18H2. The highest BCUT2D eigenvalue weighted by molar-refractivity contribution is 5.32. The van der Waals surface area contributed by atoms with Gasteiger partial charge in [-0.05, 0) is 11.6 Å². The molecule has 2 aromatic carbocycles. The molecule has 0 fully saturated rings. The monoisotopic (exact) mass is 271 g/mol. The molecule has 20 heavy (non-hydrogen) atoms. The predicted octanol–water partition coefficient (Wildman–Crippen LogP) is 3.13. The van der Waals surface area contributed by atoms with E-state index >= 15 is 0 Å². The van der Waals surface area contributed by atoms with Crippen molar-refractivity contribution in [2.45, 2.75) is 19.6 Å². The average molecular weight is 271 g/mol. The summed E-state index contributed by atoms with van der Waals surface area (Å²) in [6, 6.07) is 18.0. The number of rotatable bonds is 8. The van der Waals surface area contributed by atoms with E-state index in [0.29, 0.717) is 26.4 Å². The van der Waals surface area contributed by atoms with E-state index in [1.807, 2.05) is 42.5 Å². The number of nitrogens with two attached hydrogens (primary N) is 1. The molecule has 106 valence electrons. The normalized spacial score (nSPS) is 10.4. The fourth-order valence-electron chi connectivity index (χ4n) is 1.92. The summed E-state index contributed by atoms with van der Waals surface area (Å²) >= 11 is 0. The molecule has 0 unspecified atom stereocenters. The summed E-state index contributed by atoms with van der Waals surface area (Å²) in [5.74, 6) is 0.873. The molecule has 0 spiro atoms. The maximum atomic E-state index is 5.72. The van der Waals surface area contributed by atoms with Crippen LogP contribution in [-0.2, 0) is 17.9 Å². The van der Waals surface area contributed by atoms with Crippen molar-refractivity contribution < 1.29 is 9.47 Å². The second-order valence-corrected chi connectivity index (χ2v) is 4.55. The lowest BCUT2D eigenvalue weighted by Crippen LogP contribution is -2.06. The van der Waals surface area contributed by atoms with Gasteiger partial charge in [0.15, 0.2) is 0 Å². The third kappa shape index (κ3) is 4.68. The molecule has 0 aliphatic rings. The minimum atomic E-state index is 0.501. The van der Waals surface area contributed by atoms with Crippen LogP contribution in [-0.4, -0.2) is 13.2 Å². The van der Waals surface area contributed by atoms with Gasteiger partial charge in [-0.25, -0.2) is 0 Å². The second-order valence-electron chi connectivity index (χ2n) is 4.55. The maximum Gasteiger partial charge on any atom is 0.123 e. The van der Waals surface area contributed by atoms with E-state index < -0.39 is 0 Å². The molecule has 0 saturated carbocycles. The molecule has 2 rings (SSSR count). The van der Waals surface area contributed by atoms with Crippen molar-refractivity contribution in [1.82, 2.24) is 0 Å². The maximum absolute atomic E-state index is 5.72. The molecule has 0 aliphatic carbocycles. The van der Waals surface area contributed by atoms with Crippen LogP contribution in [0.4, 0.5) is 0 Å². The molecule has 0 heterocycles. The minimum Gasteiger partial charge on any atom is -0.493 e. The van der Waals surface area contributed by atoms with E-state index in [1.54, 1.807) is 0 Å². The van der Waals surface area contributed by atoms with E-state index in [2.05, 4.69) is 12.1 Å². The molecule has 0 aliphatic heterocycles. The summed E-state index contributed by atoms with van der Waals surface area (Å²) in [6.45, 7) is 2.49. The summed E-state index contributed by atoms with van der Waals surface area (Å²) in [7, 11) is 0. The van der Waals surface area contributed by atoms with Gasteiger partial charge in [0.05, 0.1) is 19.8 Å². The molecular weight excluding hydrogens is 250 g/mol. The van der Waals surface area contributed by atoms with E-state index in [-0.39, 0.29) is 0 Å². The molecule has 0 amide bonds. The van der Waals surface area contributed by atoms with Crippen LogP contribution in [0.5, 0.6) is 5.75 Å². The van der Waals surface area contributed by atoms with Gasteiger partial charge in [-0.2, -0.15) is 0 Å². The van der Waals surface area contributed by atoms with Crippen LogP contribution in [0.1, 0.15) is 17.5 Å². The molecule has 0 aromatic heterocycles. The summed E-state index contributed by atoms with van der Waals surface area (Å²) < 4.78 is 11.3. The lowest BCUT2D eigenvalue weighted by Gasteiger charge is -2.10. The summed E-state index contributed by atoms with van der Waals surface area (Å²) in [5, 5.41) is 0. The largest absolute Gasteiger partial charge is 0.493 e. The van der Waals surface area contributed by atoms with Crippen molar-refractivity contribution in [2.24, 2.45) is 5.73 Å². The highest BCUT2D eigenvalue weighted by Gasteiger charge is 2.00. The van der Waals surface area contributed by atoms with Gasteiger partial charge >= 0.3 is 0 Å². The van der Waals surface area contributed by atoms with E-state index in [4.69, 9.17) is 15.2 Å². The molecule has 3 heteroatoms. The predicted molar refractivity (Wildman–Crippen MR) is 80.5 cm³/mol. The van der Waals surface area contributed by atoms with Crippen LogP contribution in [0.15, 0.2) is 54.6 Å². The van der Waals surface area contributed by atoms with Crippen molar-refractivity contribution in [2.75, 3.05) is 13.2 Å². The second kappa shape index (κ2) is 8.35. The molecule has 0 saturated heterocycles. The molecule has 0 radical (unpaired) electrons. The fraction of sp³-hybridized carbons (Fsp3) is 0.294. The number of hydrogen-bond acceptors (Lipinski definition) is 3. The van der Waals surface area contributed by atoms with Gasteiger partial charge in [0.25, 0.3) is 0 Å². The molecule has 3 nitrogen and oxygen atoms in total. The quantitative estimate of drug-likeness (QED) is 0.750. The average Bonchev–Trinajstić information content (AvgIpc) is 2.52. The SMILES string of the molecule is NCc1ccccc1OCCCOCc1ccccc1. The smallest absolute Gasteiger partial charge is 0.123 e. The number of hydrogen-bond donors (Lipinski definition) is 1. The Labute approximate surface area is 120 Å². The Balaban J connectivity index is 1.62. The number of ether oxygens (including phenoxy) is 2. The highest BCUT2D eigenvalue weighted by atomic mass is 16.5. The Kier molecular flexibility index (Phi) is 6.08. The van der Waals surface area contributed by atoms with Crippen molar-refractivity contribution in [3.8, 4) is 5.75 Å². The topological polar surface area (TPSA) is 44.5 Å². The highest BCUT2D eigenvalue weighted by Crippen LogP contribution is 2.17. The number of para-hydroxylation sites is 1. The van der Waals surface area contributed by atoms with Crippen LogP contribution in [0, 0.1) is 0 Å². The zero-order valence-corrected chi connectivity index (χ0v) is 11.6. The lowest BCUT2D eigenvalue weighted by molar-refractivity contribution is 0.107. The molecule has 2 N–H and O–H groups in total. The van der Waals surface area contributed by atoms with Gasteiger partial charge in [-0.1, -0.05) is 48.5 Å². The molecule has 0 bridgehead atoms.